The number of anilines is 1. The first-order valence-electron chi connectivity index (χ1n) is 6.02. The molecule has 20 heavy (non-hydrogen) atoms. The Morgan fingerprint density at radius 1 is 1.30 bits per heavy atom. The number of nitrogens with one attached hydrogen (secondary N) is 3. The molecule has 1 aromatic heterocycles. The van der Waals surface area contributed by atoms with Crippen molar-refractivity contribution in [2.24, 2.45) is 0 Å². The van der Waals surface area contributed by atoms with Crippen molar-refractivity contribution in [3.8, 4) is 0 Å². The summed E-state index contributed by atoms with van der Waals surface area (Å²) in [5, 5.41) is 8.49. The first-order valence-corrected chi connectivity index (χ1v) is 6.40. The van der Waals surface area contributed by atoms with Gasteiger partial charge < -0.3 is 20.9 Å². The van der Waals surface area contributed by atoms with Crippen molar-refractivity contribution < 1.29 is 9.59 Å². The molecule has 0 atom stereocenters. The summed E-state index contributed by atoms with van der Waals surface area (Å²) in [4.78, 5) is 28.5. The minimum Gasteiger partial charge on any atom is -0.372 e. The third kappa shape index (κ3) is 4.58. The van der Waals surface area contributed by atoms with E-state index >= 15 is 0 Å². The van der Waals surface area contributed by atoms with Gasteiger partial charge in [0.1, 0.15) is 5.82 Å². The molecule has 0 spiro atoms. The van der Waals surface area contributed by atoms with Gasteiger partial charge in [-0.1, -0.05) is 11.6 Å². The van der Waals surface area contributed by atoms with Gasteiger partial charge in [0.05, 0.1) is 10.6 Å². The fraction of sp³-hybridized carbons (Fsp3) is 0.417. The molecule has 8 heteroatoms. The molecular weight excluding hydrogens is 282 g/mol. The van der Waals surface area contributed by atoms with E-state index in [0.717, 1.165) is 0 Å². The zero-order valence-corrected chi connectivity index (χ0v) is 12.4. The summed E-state index contributed by atoms with van der Waals surface area (Å²) in [6.45, 7) is 0.669. The van der Waals surface area contributed by atoms with Gasteiger partial charge in [0, 0.05) is 40.4 Å². The van der Waals surface area contributed by atoms with Gasteiger partial charge in [0.15, 0.2) is 0 Å². The van der Waals surface area contributed by atoms with E-state index in [2.05, 4.69) is 20.9 Å². The Balaban J connectivity index is 2.43. The molecule has 7 nitrogen and oxygen atoms in total. The lowest BCUT2D eigenvalue weighted by molar-refractivity contribution is 0.0953. The zero-order chi connectivity index (χ0) is 15.1. The predicted molar refractivity (Wildman–Crippen MR) is 78.2 cm³/mol. The van der Waals surface area contributed by atoms with Gasteiger partial charge in [0.25, 0.3) is 5.91 Å². The van der Waals surface area contributed by atoms with Crippen molar-refractivity contribution in [3.05, 3.63) is 22.8 Å². The number of aromatic nitrogens is 1. The third-order valence-corrected chi connectivity index (χ3v) is 2.72. The van der Waals surface area contributed by atoms with E-state index in [1.807, 2.05) is 0 Å². The van der Waals surface area contributed by atoms with E-state index in [1.54, 1.807) is 21.1 Å². The molecule has 0 aliphatic rings. The van der Waals surface area contributed by atoms with Crippen molar-refractivity contribution in [2.75, 3.05) is 39.5 Å². The van der Waals surface area contributed by atoms with Gasteiger partial charge in [-0.2, -0.15) is 0 Å². The molecule has 1 heterocycles. The molecule has 0 unspecified atom stereocenters. The Hall–Kier alpha value is -2.02. The fourth-order valence-electron chi connectivity index (χ4n) is 1.35. The van der Waals surface area contributed by atoms with Crippen LogP contribution in [0.1, 0.15) is 10.4 Å². The Bertz CT molecular complexity index is 493. The number of urea groups is 1. The molecule has 0 aromatic carbocycles. The first kappa shape index (κ1) is 16.0. The average Bonchev–Trinajstić information content (AvgIpc) is 2.42. The van der Waals surface area contributed by atoms with Crippen LogP contribution in [-0.2, 0) is 0 Å². The van der Waals surface area contributed by atoms with Crippen LogP contribution >= 0.6 is 11.6 Å². The monoisotopic (exact) mass is 299 g/mol. The number of amides is 3. The van der Waals surface area contributed by atoms with Crippen LogP contribution in [0.5, 0.6) is 0 Å². The summed E-state index contributed by atoms with van der Waals surface area (Å²) in [5.41, 5.74) is 0.368. The molecule has 0 aliphatic heterocycles. The van der Waals surface area contributed by atoms with Crippen LogP contribution in [0.2, 0.25) is 5.02 Å². The van der Waals surface area contributed by atoms with Crippen LogP contribution in [0.4, 0.5) is 10.6 Å². The Morgan fingerprint density at radius 3 is 2.50 bits per heavy atom. The molecule has 1 aromatic rings. The van der Waals surface area contributed by atoms with E-state index in [1.165, 1.54) is 17.2 Å². The minimum atomic E-state index is -0.291. The van der Waals surface area contributed by atoms with E-state index in [-0.39, 0.29) is 11.9 Å². The molecule has 3 amide bonds. The SMILES string of the molecule is CNc1ncc(C(=O)NCCNC(=O)N(C)C)cc1Cl. The number of carbonyl (C=O) groups is 2. The standard InChI is InChI=1S/C12H18ClN5O2/c1-14-10-9(13)6-8(7-17-10)11(19)15-4-5-16-12(20)18(2)3/h6-7H,4-5H2,1-3H3,(H,14,17)(H,15,19)(H,16,20). The number of nitrogens with zero attached hydrogens (tertiary/aromatic N) is 2. The summed E-state index contributed by atoms with van der Waals surface area (Å²) in [7, 11) is 4.98. The van der Waals surface area contributed by atoms with Gasteiger partial charge >= 0.3 is 6.03 Å². The number of carbonyl (C=O) groups excluding carboxylic acids is 2. The van der Waals surface area contributed by atoms with Gasteiger partial charge in [0.2, 0.25) is 0 Å². The molecular formula is C12H18ClN5O2. The molecule has 0 saturated carbocycles. The molecule has 0 bridgehead atoms. The van der Waals surface area contributed by atoms with E-state index < -0.39 is 0 Å². The summed E-state index contributed by atoms with van der Waals surface area (Å²) < 4.78 is 0. The van der Waals surface area contributed by atoms with Crippen LogP contribution < -0.4 is 16.0 Å². The van der Waals surface area contributed by atoms with Crippen LogP contribution in [0.15, 0.2) is 12.3 Å². The van der Waals surface area contributed by atoms with Crippen molar-refractivity contribution in [1.82, 2.24) is 20.5 Å². The van der Waals surface area contributed by atoms with Gasteiger partial charge in [-0.05, 0) is 6.07 Å². The van der Waals surface area contributed by atoms with Crippen molar-refractivity contribution in [3.63, 3.8) is 0 Å². The Morgan fingerprint density at radius 2 is 1.95 bits per heavy atom. The lowest BCUT2D eigenvalue weighted by atomic mass is 10.2. The van der Waals surface area contributed by atoms with Crippen molar-refractivity contribution in [1.29, 1.82) is 0 Å². The highest BCUT2D eigenvalue weighted by atomic mass is 35.5. The van der Waals surface area contributed by atoms with Crippen LogP contribution in [0.25, 0.3) is 0 Å². The van der Waals surface area contributed by atoms with E-state index in [4.69, 9.17) is 11.6 Å². The highest BCUT2D eigenvalue weighted by Gasteiger charge is 2.09. The van der Waals surface area contributed by atoms with Gasteiger partial charge in [-0.3, -0.25) is 4.79 Å². The highest BCUT2D eigenvalue weighted by molar-refractivity contribution is 6.33. The number of hydrogen-bond acceptors (Lipinski definition) is 4. The normalized spacial score (nSPS) is 9.80. The summed E-state index contributed by atoms with van der Waals surface area (Å²) >= 11 is 5.94. The average molecular weight is 300 g/mol. The third-order valence-electron chi connectivity index (χ3n) is 2.43. The lowest BCUT2D eigenvalue weighted by Crippen LogP contribution is -2.39. The molecule has 1 rings (SSSR count). The summed E-state index contributed by atoms with van der Waals surface area (Å²) in [6, 6.07) is 1.33. The maximum Gasteiger partial charge on any atom is 0.316 e. The van der Waals surface area contributed by atoms with E-state index in [9.17, 15) is 9.59 Å². The zero-order valence-electron chi connectivity index (χ0n) is 11.7. The summed E-state index contributed by atoms with van der Waals surface area (Å²) in [6.07, 6.45) is 1.44. The molecule has 110 valence electrons. The molecule has 0 radical (unpaired) electrons. The quantitative estimate of drug-likeness (QED) is 0.701. The second kappa shape index (κ2) is 7.54. The van der Waals surface area contributed by atoms with Gasteiger partial charge in [-0.15, -0.1) is 0 Å². The topological polar surface area (TPSA) is 86.4 Å². The van der Waals surface area contributed by atoms with Crippen molar-refractivity contribution >= 4 is 29.4 Å². The lowest BCUT2D eigenvalue weighted by Gasteiger charge is -2.12. The second-order valence-corrected chi connectivity index (χ2v) is 4.59. The number of halogens is 1. The molecule has 0 aliphatic carbocycles. The second-order valence-electron chi connectivity index (χ2n) is 4.19. The smallest absolute Gasteiger partial charge is 0.316 e. The van der Waals surface area contributed by atoms with Gasteiger partial charge in [-0.25, -0.2) is 9.78 Å². The molecule has 0 fully saturated rings. The highest BCUT2D eigenvalue weighted by Crippen LogP contribution is 2.19. The van der Waals surface area contributed by atoms with Crippen LogP contribution in [0.3, 0.4) is 0 Å². The Labute approximate surface area is 122 Å². The minimum absolute atomic E-state index is 0.206. The number of rotatable bonds is 5. The number of hydrogen-bond donors (Lipinski definition) is 3. The Kier molecular flexibility index (Phi) is 6.05. The van der Waals surface area contributed by atoms with E-state index in [0.29, 0.717) is 29.5 Å². The predicted octanol–water partition coefficient (Wildman–Crippen LogP) is 0.778. The first-order chi connectivity index (χ1) is 9.45. The van der Waals surface area contributed by atoms with Crippen molar-refractivity contribution in [2.45, 2.75) is 0 Å². The number of pyridine rings is 1. The summed E-state index contributed by atoms with van der Waals surface area (Å²) in [5.74, 6) is 0.225. The van der Waals surface area contributed by atoms with Crippen LogP contribution in [0, 0.1) is 0 Å². The maximum atomic E-state index is 11.8. The largest absolute Gasteiger partial charge is 0.372 e. The maximum absolute atomic E-state index is 11.8. The fourth-order valence-corrected chi connectivity index (χ4v) is 1.61. The van der Waals surface area contributed by atoms with Crippen LogP contribution in [-0.4, -0.2) is 56.1 Å². The molecule has 3 N–H and O–H groups in total. The molecule has 0 saturated heterocycles.